The van der Waals surface area contributed by atoms with Gasteiger partial charge in [0, 0.05) is 5.92 Å². The minimum absolute atomic E-state index is 0.0281. The van der Waals surface area contributed by atoms with Crippen molar-refractivity contribution in [1.82, 2.24) is 33.9 Å². The van der Waals surface area contributed by atoms with E-state index in [0.717, 1.165) is 11.5 Å². The summed E-state index contributed by atoms with van der Waals surface area (Å²) in [6.45, 7) is -3.57. The van der Waals surface area contributed by atoms with Gasteiger partial charge in [0.1, 0.15) is 59.3 Å². The highest BCUT2D eigenvalue weighted by Gasteiger charge is 2.70. The molecule has 1 saturated carbocycles. The molecule has 0 spiro atoms. The van der Waals surface area contributed by atoms with Crippen LogP contribution in [-0.2, 0) is 36.7 Å². The number of ether oxygens (including phenoxy) is 2. The second-order valence-corrected chi connectivity index (χ2v) is 16.2. The Bertz CT molecular complexity index is 2010. The van der Waals surface area contributed by atoms with E-state index in [1.54, 1.807) is 6.92 Å². The van der Waals surface area contributed by atoms with Crippen molar-refractivity contribution in [1.29, 1.82) is 0 Å². The van der Waals surface area contributed by atoms with Crippen LogP contribution in [0.2, 0.25) is 0 Å². The number of hydrogen-bond acceptors (Lipinski definition) is 17. The lowest BCUT2D eigenvalue weighted by atomic mass is 10.1. The molecule has 1 unspecified atom stereocenters. The molecule has 0 radical (unpaired) electrons. The molecule has 19 nitrogen and oxygen atoms in total. The van der Waals surface area contributed by atoms with Gasteiger partial charge in [-0.05, 0) is 24.9 Å². The highest BCUT2D eigenvalue weighted by atomic mass is 32.7. The Morgan fingerprint density at radius 1 is 1.18 bits per heavy atom. The number of nitrogens with zero attached hydrogens (tertiary/aromatic N) is 6. The first-order chi connectivity index (χ1) is 21.3. The molecule has 4 fully saturated rings. The van der Waals surface area contributed by atoms with Gasteiger partial charge in [-0.2, -0.15) is 4.37 Å². The van der Waals surface area contributed by atoms with Crippen molar-refractivity contribution in [2.45, 2.75) is 55.7 Å². The van der Waals surface area contributed by atoms with Crippen LogP contribution in [0.15, 0.2) is 17.4 Å². The predicted molar refractivity (Wildman–Crippen MR) is 155 cm³/mol. The molecule has 3 aliphatic heterocycles. The SMILES string of the molecule is Cc1nc2c(ncn2[C@@H]2O[C@]34CO[P@](=O)(S)O[C@H]5[C@@H](O)[C@H](c6snc7c(N)ncnc67)O[C@@H]5COP(=O)(O)O[C@@H]2[C@@H]3C4)c(=O)[nH]1. The topological polar surface area (TPSA) is 258 Å². The van der Waals surface area contributed by atoms with Crippen LogP contribution in [0, 0.1) is 12.8 Å². The number of anilines is 1. The zero-order chi connectivity index (χ0) is 31.5. The van der Waals surface area contributed by atoms with Crippen LogP contribution >= 0.6 is 38.4 Å². The summed E-state index contributed by atoms with van der Waals surface area (Å²) in [5, 5.41) is 11.3. The number of phosphoric ester groups is 1. The van der Waals surface area contributed by atoms with E-state index < -0.39 is 75.1 Å². The molecule has 10 atom stereocenters. The van der Waals surface area contributed by atoms with Gasteiger partial charge < -0.3 is 30.2 Å². The zero-order valence-electron chi connectivity index (χ0n) is 22.9. The molecular formula is C22H24N8O11P2S2. The van der Waals surface area contributed by atoms with Gasteiger partial charge in [-0.1, -0.05) is 12.2 Å². The van der Waals surface area contributed by atoms with Crippen molar-refractivity contribution in [3.8, 4) is 0 Å². The molecule has 0 amide bonds. The van der Waals surface area contributed by atoms with Crippen LogP contribution in [0.5, 0.6) is 0 Å². The number of phosphoric acid groups is 1. The molecule has 1 aliphatic carbocycles. The molecule has 0 aromatic carbocycles. The molecule has 4 aliphatic rings. The fraction of sp³-hybridized carbons (Fsp3) is 0.545. The summed E-state index contributed by atoms with van der Waals surface area (Å²) < 4.78 is 67.3. The first kappa shape index (κ1) is 30.0. The number of nitrogen functional groups attached to an aromatic ring is 1. The molecular weight excluding hydrogens is 678 g/mol. The second-order valence-electron chi connectivity index (χ2n) is 11.1. The highest BCUT2D eigenvalue weighted by molar-refractivity contribution is 8.44. The van der Waals surface area contributed by atoms with Gasteiger partial charge in [0.25, 0.3) is 5.56 Å². The van der Waals surface area contributed by atoms with Gasteiger partial charge in [-0.3, -0.25) is 27.5 Å². The standard InChI is InChI=1S/C22H24N8O11P2S2/c1-7-27-19-12(20(32)28-7)26-6-30(19)21-14-8-2-22(8,39-21)4-37-43(35,44)41-15-9(3-36-42(33,34)40-14)38-16(13(15)31)17-10-11(29-45-17)18(23)25-5-24-10/h5-6,8-9,13-16,21,31H,2-4H2,1H3,(H,33,34)(H,35,44)(H2,23,24,25)(H,27,28,32)/t8-,9+,13+,14+,15+,16+,21+,22+,43-/m0/s1. The lowest BCUT2D eigenvalue weighted by molar-refractivity contribution is -0.0910. The predicted octanol–water partition coefficient (Wildman–Crippen LogP) is 1.15. The number of aliphatic hydroxyl groups is 1. The number of imidazole rings is 1. The monoisotopic (exact) mass is 702 g/mol. The van der Waals surface area contributed by atoms with Crippen LogP contribution < -0.4 is 11.3 Å². The van der Waals surface area contributed by atoms with E-state index in [1.165, 1.54) is 17.2 Å². The Balaban J connectivity index is 1.12. The van der Waals surface area contributed by atoms with Gasteiger partial charge in [0.2, 0.25) is 0 Å². The number of rotatable bonds is 2. The fourth-order valence-electron chi connectivity index (χ4n) is 6.07. The average molecular weight is 703 g/mol. The van der Waals surface area contributed by atoms with Gasteiger partial charge in [-0.15, -0.1) is 0 Å². The molecule has 2 bridgehead atoms. The number of thiol groups is 1. The van der Waals surface area contributed by atoms with Crippen molar-refractivity contribution in [2.75, 3.05) is 18.9 Å². The van der Waals surface area contributed by atoms with E-state index >= 15 is 0 Å². The van der Waals surface area contributed by atoms with Crippen molar-refractivity contribution in [3.63, 3.8) is 0 Å². The number of H-pyrrole nitrogens is 1. The maximum absolute atomic E-state index is 13.5. The Morgan fingerprint density at radius 3 is 2.82 bits per heavy atom. The van der Waals surface area contributed by atoms with E-state index in [4.69, 9.17) is 33.3 Å². The van der Waals surface area contributed by atoms with Crippen molar-refractivity contribution in [3.05, 3.63) is 33.7 Å². The third-order valence-electron chi connectivity index (χ3n) is 8.24. The van der Waals surface area contributed by atoms with Gasteiger partial charge in [0.15, 0.2) is 23.2 Å². The normalized spacial score (nSPS) is 40.0. The second kappa shape index (κ2) is 10.3. The number of fused-ring (bicyclic) bond motifs is 3. The fourth-order valence-corrected chi connectivity index (χ4v) is 9.44. The minimum atomic E-state index is -4.85. The van der Waals surface area contributed by atoms with E-state index in [1.807, 2.05) is 0 Å². The van der Waals surface area contributed by atoms with Crippen LogP contribution in [0.4, 0.5) is 5.82 Å². The molecule has 4 aromatic rings. The van der Waals surface area contributed by atoms with Crippen LogP contribution in [0.25, 0.3) is 22.2 Å². The summed E-state index contributed by atoms with van der Waals surface area (Å²) in [4.78, 5) is 42.8. The quantitative estimate of drug-likeness (QED) is 0.145. The largest absolute Gasteiger partial charge is 0.472 e. The van der Waals surface area contributed by atoms with E-state index in [0.29, 0.717) is 28.2 Å². The minimum Gasteiger partial charge on any atom is -0.387 e. The van der Waals surface area contributed by atoms with E-state index in [2.05, 4.69) is 41.5 Å². The lowest BCUT2D eigenvalue weighted by Crippen LogP contribution is -2.35. The molecule has 5 N–H and O–H groups in total. The first-order valence-electron chi connectivity index (χ1n) is 13.5. The van der Waals surface area contributed by atoms with Gasteiger partial charge in [0.05, 0.1) is 24.4 Å². The molecule has 45 heavy (non-hydrogen) atoms. The third-order valence-corrected chi connectivity index (χ3v) is 11.7. The number of nitrogens with two attached hydrogens (primary N) is 1. The summed E-state index contributed by atoms with van der Waals surface area (Å²) in [6.07, 6.45) is -4.58. The van der Waals surface area contributed by atoms with Gasteiger partial charge >= 0.3 is 14.6 Å². The van der Waals surface area contributed by atoms with E-state index in [-0.39, 0.29) is 23.6 Å². The number of aromatic nitrogens is 7. The summed E-state index contributed by atoms with van der Waals surface area (Å²) in [5.74, 6) is -0.0766. The van der Waals surface area contributed by atoms with Crippen molar-refractivity contribution in [2.24, 2.45) is 5.92 Å². The van der Waals surface area contributed by atoms with E-state index in [9.17, 15) is 23.9 Å². The maximum Gasteiger partial charge on any atom is 0.472 e. The highest BCUT2D eigenvalue weighted by Crippen LogP contribution is 2.67. The molecule has 23 heteroatoms. The molecule has 7 heterocycles. The van der Waals surface area contributed by atoms with Crippen LogP contribution in [-0.4, -0.2) is 87.1 Å². The Hall–Kier alpha value is -2.39. The maximum atomic E-state index is 13.5. The summed E-state index contributed by atoms with van der Waals surface area (Å²) >= 11 is 5.10. The Morgan fingerprint density at radius 2 is 2.00 bits per heavy atom. The number of aryl methyl sites for hydroxylation is 1. The number of hydrogen-bond donors (Lipinski definition) is 5. The van der Waals surface area contributed by atoms with Crippen LogP contribution in [0.1, 0.15) is 29.5 Å². The Kier molecular flexibility index (Phi) is 6.86. The molecule has 240 valence electrons. The van der Waals surface area contributed by atoms with Gasteiger partial charge in [-0.25, -0.2) is 29.1 Å². The third kappa shape index (κ3) is 4.97. The van der Waals surface area contributed by atoms with Crippen molar-refractivity contribution >= 4 is 66.4 Å². The number of aromatic amines is 1. The smallest absolute Gasteiger partial charge is 0.387 e. The molecule has 4 aromatic heterocycles. The summed E-state index contributed by atoms with van der Waals surface area (Å²) in [7, 11) is -4.85. The molecule has 3 saturated heterocycles. The lowest BCUT2D eigenvalue weighted by Gasteiger charge is -2.28. The van der Waals surface area contributed by atoms with Crippen LogP contribution in [0.3, 0.4) is 0 Å². The van der Waals surface area contributed by atoms with Crippen molar-refractivity contribution < 1.29 is 46.7 Å². The molecule has 8 rings (SSSR count). The first-order valence-corrected chi connectivity index (χ1v) is 18.4. The zero-order valence-corrected chi connectivity index (χ0v) is 26.4. The number of nitrogens with one attached hydrogen (secondary N) is 1. The Labute approximate surface area is 260 Å². The average Bonchev–Trinajstić information content (AvgIpc) is 3.31. The summed E-state index contributed by atoms with van der Waals surface area (Å²) in [5.41, 5.74) is 5.12. The summed E-state index contributed by atoms with van der Waals surface area (Å²) in [6, 6.07) is 0. The number of aliphatic hydroxyl groups excluding tert-OH is 1.